The molecule has 0 aliphatic heterocycles. The summed E-state index contributed by atoms with van der Waals surface area (Å²) < 4.78 is 5.75. The molecular weight excluding hydrogens is 281 g/mol. The molecule has 96 valence electrons. The zero-order chi connectivity index (χ0) is 13.4. The molecular formula is C15H11Cl2NO. The molecule has 2 aromatic carbocycles. The van der Waals surface area contributed by atoms with Crippen LogP contribution in [-0.4, -0.2) is 0 Å². The average molecular weight is 292 g/mol. The second kappa shape index (κ2) is 4.89. The number of furan rings is 1. The van der Waals surface area contributed by atoms with Gasteiger partial charge in [-0.15, -0.1) is 0 Å². The van der Waals surface area contributed by atoms with Crippen LogP contribution in [0.1, 0.15) is 17.4 Å². The van der Waals surface area contributed by atoms with Crippen molar-refractivity contribution in [3.05, 3.63) is 69.9 Å². The molecule has 1 atom stereocenters. The highest BCUT2D eigenvalue weighted by Gasteiger charge is 2.19. The van der Waals surface area contributed by atoms with Gasteiger partial charge in [0.1, 0.15) is 11.3 Å². The van der Waals surface area contributed by atoms with E-state index in [4.69, 9.17) is 33.4 Å². The number of halogens is 2. The first-order valence-corrected chi connectivity index (χ1v) is 6.60. The van der Waals surface area contributed by atoms with E-state index in [1.165, 1.54) is 0 Å². The summed E-state index contributed by atoms with van der Waals surface area (Å²) in [6.07, 6.45) is 0. The summed E-state index contributed by atoms with van der Waals surface area (Å²) in [6.45, 7) is 0. The molecule has 1 aromatic heterocycles. The lowest BCUT2D eigenvalue weighted by molar-refractivity contribution is 0.525. The van der Waals surface area contributed by atoms with E-state index in [0.29, 0.717) is 21.4 Å². The van der Waals surface area contributed by atoms with Crippen LogP contribution < -0.4 is 5.73 Å². The van der Waals surface area contributed by atoms with E-state index in [0.717, 1.165) is 11.0 Å². The quantitative estimate of drug-likeness (QED) is 0.737. The Bertz CT molecular complexity index is 683. The van der Waals surface area contributed by atoms with Crippen molar-refractivity contribution in [1.29, 1.82) is 0 Å². The Labute approximate surface area is 120 Å². The van der Waals surface area contributed by atoms with Crippen LogP contribution >= 0.6 is 23.2 Å². The van der Waals surface area contributed by atoms with Gasteiger partial charge in [0, 0.05) is 21.0 Å². The first kappa shape index (κ1) is 12.5. The van der Waals surface area contributed by atoms with Crippen LogP contribution in [0.3, 0.4) is 0 Å². The first-order valence-electron chi connectivity index (χ1n) is 5.85. The molecule has 3 rings (SSSR count). The number of benzene rings is 2. The van der Waals surface area contributed by atoms with Crippen molar-refractivity contribution >= 4 is 34.2 Å². The Balaban J connectivity index is 2.10. The zero-order valence-corrected chi connectivity index (χ0v) is 11.4. The summed E-state index contributed by atoms with van der Waals surface area (Å²) in [4.78, 5) is 0. The van der Waals surface area contributed by atoms with Gasteiger partial charge in [-0.1, -0.05) is 47.5 Å². The molecule has 19 heavy (non-hydrogen) atoms. The summed E-state index contributed by atoms with van der Waals surface area (Å²) in [5, 5.41) is 2.09. The van der Waals surface area contributed by atoms with E-state index in [9.17, 15) is 0 Å². The summed E-state index contributed by atoms with van der Waals surface area (Å²) in [5.74, 6) is 0.649. The van der Waals surface area contributed by atoms with E-state index in [2.05, 4.69) is 0 Å². The number of nitrogens with two attached hydrogens (primary N) is 1. The van der Waals surface area contributed by atoms with Crippen molar-refractivity contribution in [2.75, 3.05) is 0 Å². The molecule has 0 radical (unpaired) electrons. The molecule has 0 amide bonds. The van der Waals surface area contributed by atoms with Crippen LogP contribution in [0, 0.1) is 0 Å². The molecule has 1 unspecified atom stereocenters. The summed E-state index contributed by atoms with van der Waals surface area (Å²) in [7, 11) is 0. The number of hydrogen-bond donors (Lipinski definition) is 1. The topological polar surface area (TPSA) is 39.2 Å². The molecule has 0 saturated carbocycles. The minimum atomic E-state index is -0.478. The lowest BCUT2D eigenvalue weighted by Crippen LogP contribution is -2.12. The fourth-order valence-electron chi connectivity index (χ4n) is 2.11. The second-order valence-corrected chi connectivity index (χ2v) is 5.11. The molecule has 0 saturated heterocycles. The summed E-state index contributed by atoms with van der Waals surface area (Å²) >= 11 is 12.3. The molecule has 0 fully saturated rings. The van der Waals surface area contributed by atoms with Gasteiger partial charge in [-0.05, 0) is 24.3 Å². The lowest BCUT2D eigenvalue weighted by atomic mass is 10.1. The van der Waals surface area contributed by atoms with Crippen LogP contribution in [0.4, 0.5) is 0 Å². The van der Waals surface area contributed by atoms with Crippen molar-refractivity contribution in [2.45, 2.75) is 6.04 Å². The highest BCUT2D eigenvalue weighted by molar-refractivity contribution is 6.36. The number of para-hydroxylation sites is 1. The minimum Gasteiger partial charge on any atom is -0.459 e. The second-order valence-electron chi connectivity index (χ2n) is 4.30. The van der Waals surface area contributed by atoms with Crippen molar-refractivity contribution in [3.63, 3.8) is 0 Å². The van der Waals surface area contributed by atoms with Gasteiger partial charge in [0.25, 0.3) is 0 Å². The first-order chi connectivity index (χ1) is 9.16. The van der Waals surface area contributed by atoms with Crippen LogP contribution in [-0.2, 0) is 0 Å². The highest BCUT2D eigenvalue weighted by Crippen LogP contribution is 2.34. The normalized spacial score (nSPS) is 12.8. The number of rotatable bonds is 2. The third kappa shape index (κ3) is 2.23. The SMILES string of the molecule is NC(c1cc2ccccc2o1)c1c(Cl)cccc1Cl. The van der Waals surface area contributed by atoms with Gasteiger partial charge in [-0.2, -0.15) is 0 Å². The van der Waals surface area contributed by atoms with Gasteiger partial charge in [0.05, 0.1) is 6.04 Å². The Morgan fingerprint density at radius 3 is 2.32 bits per heavy atom. The van der Waals surface area contributed by atoms with E-state index < -0.39 is 6.04 Å². The molecule has 0 spiro atoms. The van der Waals surface area contributed by atoms with Crippen molar-refractivity contribution in [1.82, 2.24) is 0 Å². The number of fused-ring (bicyclic) bond motifs is 1. The molecule has 0 aliphatic carbocycles. The lowest BCUT2D eigenvalue weighted by Gasteiger charge is -2.12. The van der Waals surface area contributed by atoms with Gasteiger partial charge >= 0.3 is 0 Å². The predicted octanol–water partition coefficient (Wildman–Crippen LogP) is 4.79. The molecule has 0 bridgehead atoms. The van der Waals surface area contributed by atoms with E-state index in [1.54, 1.807) is 18.2 Å². The molecule has 1 heterocycles. The maximum atomic E-state index is 6.22. The zero-order valence-electron chi connectivity index (χ0n) is 9.94. The fraction of sp³-hybridized carbons (Fsp3) is 0.0667. The van der Waals surface area contributed by atoms with E-state index in [1.807, 2.05) is 30.3 Å². The van der Waals surface area contributed by atoms with Gasteiger partial charge in [0.2, 0.25) is 0 Å². The average Bonchev–Trinajstić information content (AvgIpc) is 2.82. The summed E-state index contributed by atoms with van der Waals surface area (Å²) in [6, 6.07) is 14.5. The Hall–Kier alpha value is -1.48. The fourth-order valence-corrected chi connectivity index (χ4v) is 2.74. The van der Waals surface area contributed by atoms with Crippen LogP contribution in [0.5, 0.6) is 0 Å². The standard InChI is InChI=1S/C15H11Cl2NO/c16-10-5-3-6-11(17)14(10)15(18)13-8-9-4-1-2-7-12(9)19-13/h1-8,15H,18H2. The van der Waals surface area contributed by atoms with E-state index >= 15 is 0 Å². The Morgan fingerprint density at radius 2 is 1.63 bits per heavy atom. The largest absolute Gasteiger partial charge is 0.459 e. The third-order valence-corrected chi connectivity index (χ3v) is 3.72. The minimum absolute atomic E-state index is 0.478. The van der Waals surface area contributed by atoms with Crippen molar-refractivity contribution in [3.8, 4) is 0 Å². The number of hydrogen-bond acceptors (Lipinski definition) is 2. The molecule has 4 heteroatoms. The molecule has 3 aromatic rings. The molecule has 0 aliphatic rings. The van der Waals surface area contributed by atoms with Gasteiger partial charge < -0.3 is 10.2 Å². The van der Waals surface area contributed by atoms with Gasteiger partial charge in [-0.3, -0.25) is 0 Å². The van der Waals surface area contributed by atoms with Crippen LogP contribution in [0.25, 0.3) is 11.0 Å². The molecule has 2 N–H and O–H groups in total. The maximum absolute atomic E-state index is 6.22. The van der Waals surface area contributed by atoms with Crippen LogP contribution in [0.2, 0.25) is 10.0 Å². The van der Waals surface area contributed by atoms with Gasteiger partial charge in [0.15, 0.2) is 0 Å². The smallest absolute Gasteiger partial charge is 0.134 e. The third-order valence-electron chi connectivity index (χ3n) is 3.06. The highest BCUT2D eigenvalue weighted by atomic mass is 35.5. The summed E-state index contributed by atoms with van der Waals surface area (Å²) in [5.41, 5.74) is 7.71. The Kier molecular flexibility index (Phi) is 3.23. The molecule has 2 nitrogen and oxygen atoms in total. The van der Waals surface area contributed by atoms with Crippen LogP contribution in [0.15, 0.2) is 52.9 Å². The van der Waals surface area contributed by atoms with Gasteiger partial charge in [-0.25, -0.2) is 0 Å². The maximum Gasteiger partial charge on any atom is 0.134 e. The monoisotopic (exact) mass is 291 g/mol. The van der Waals surface area contributed by atoms with Crippen molar-refractivity contribution in [2.24, 2.45) is 5.73 Å². The van der Waals surface area contributed by atoms with Crippen molar-refractivity contribution < 1.29 is 4.42 Å². The predicted molar refractivity (Wildman–Crippen MR) is 78.7 cm³/mol. The Morgan fingerprint density at radius 1 is 0.947 bits per heavy atom. The van der Waals surface area contributed by atoms with E-state index in [-0.39, 0.29) is 0 Å².